The van der Waals surface area contributed by atoms with Gasteiger partial charge in [0, 0.05) is 32.4 Å². The maximum Gasteiger partial charge on any atom is 0.0637 e. The third-order valence-electron chi connectivity index (χ3n) is 3.40. The first-order chi connectivity index (χ1) is 8.36. The van der Waals surface area contributed by atoms with Gasteiger partial charge in [0.05, 0.1) is 6.61 Å². The summed E-state index contributed by atoms with van der Waals surface area (Å²) in [5, 5.41) is 3.43. The summed E-state index contributed by atoms with van der Waals surface area (Å²) >= 11 is 0. The van der Waals surface area contributed by atoms with Crippen molar-refractivity contribution in [2.24, 2.45) is 0 Å². The van der Waals surface area contributed by atoms with E-state index in [1.165, 1.54) is 16.8 Å². The third-order valence-corrected chi connectivity index (χ3v) is 3.40. The fourth-order valence-corrected chi connectivity index (χ4v) is 2.46. The van der Waals surface area contributed by atoms with Gasteiger partial charge in [0.25, 0.3) is 0 Å². The fourth-order valence-electron chi connectivity index (χ4n) is 2.46. The summed E-state index contributed by atoms with van der Waals surface area (Å²) in [4.78, 5) is 2.41. The number of benzene rings is 1. The van der Waals surface area contributed by atoms with Gasteiger partial charge in [-0.25, -0.2) is 0 Å². The highest BCUT2D eigenvalue weighted by molar-refractivity contribution is 5.57. The Morgan fingerprint density at radius 3 is 3.06 bits per heavy atom. The van der Waals surface area contributed by atoms with Gasteiger partial charge in [-0.3, -0.25) is 0 Å². The van der Waals surface area contributed by atoms with Crippen molar-refractivity contribution in [3.63, 3.8) is 0 Å². The van der Waals surface area contributed by atoms with Crippen LogP contribution < -0.4 is 10.2 Å². The van der Waals surface area contributed by atoms with Crippen molar-refractivity contribution >= 4 is 5.69 Å². The van der Waals surface area contributed by atoms with Gasteiger partial charge in [0.1, 0.15) is 0 Å². The van der Waals surface area contributed by atoms with Crippen LogP contribution in [-0.4, -0.2) is 33.4 Å². The van der Waals surface area contributed by atoms with Crippen LogP contribution in [0.15, 0.2) is 18.2 Å². The van der Waals surface area contributed by atoms with Crippen LogP contribution in [0.2, 0.25) is 0 Å². The Kier molecular flexibility index (Phi) is 4.40. The second-order valence-electron chi connectivity index (χ2n) is 4.41. The zero-order valence-corrected chi connectivity index (χ0v) is 10.8. The van der Waals surface area contributed by atoms with Gasteiger partial charge in [0.2, 0.25) is 0 Å². The molecule has 1 aromatic carbocycles. The smallest absolute Gasteiger partial charge is 0.0637 e. The lowest BCUT2D eigenvalue weighted by Gasteiger charge is -2.29. The maximum absolute atomic E-state index is 5.19. The third kappa shape index (κ3) is 2.79. The normalized spacial score (nSPS) is 14.5. The molecular formula is C14H22N2O. The van der Waals surface area contributed by atoms with Crippen LogP contribution in [0.25, 0.3) is 0 Å². The molecule has 0 atom stereocenters. The zero-order chi connectivity index (χ0) is 12.1. The number of fused-ring (bicyclic) bond motifs is 1. The van der Waals surface area contributed by atoms with Crippen LogP contribution in [0.1, 0.15) is 18.1 Å². The molecule has 0 amide bonds. The molecule has 1 heterocycles. The molecule has 2 rings (SSSR count). The second kappa shape index (κ2) is 6.03. The average molecular weight is 234 g/mol. The van der Waals surface area contributed by atoms with E-state index in [9.17, 15) is 0 Å². The van der Waals surface area contributed by atoms with Crippen LogP contribution in [0, 0.1) is 0 Å². The lowest BCUT2D eigenvalue weighted by Crippen LogP contribution is -2.31. The molecule has 1 N–H and O–H groups in total. The minimum Gasteiger partial charge on any atom is -0.383 e. The number of methoxy groups -OCH3 is 1. The van der Waals surface area contributed by atoms with E-state index in [0.29, 0.717) is 0 Å². The van der Waals surface area contributed by atoms with Gasteiger partial charge in [-0.1, -0.05) is 12.1 Å². The van der Waals surface area contributed by atoms with Crippen molar-refractivity contribution in [1.82, 2.24) is 5.32 Å². The van der Waals surface area contributed by atoms with E-state index < -0.39 is 0 Å². The molecule has 0 fully saturated rings. The summed E-state index contributed by atoms with van der Waals surface area (Å²) in [6.07, 6.45) is 1.13. The number of rotatable bonds is 5. The maximum atomic E-state index is 5.19. The number of likely N-dealkylation sites (N-methyl/N-ethyl adjacent to an activating group) is 1. The minimum atomic E-state index is 0.787. The largest absolute Gasteiger partial charge is 0.383 e. The molecule has 0 saturated carbocycles. The predicted octanol–water partition coefficient (Wildman–Crippen LogP) is 1.81. The highest BCUT2D eigenvalue weighted by atomic mass is 16.5. The second-order valence-corrected chi connectivity index (χ2v) is 4.41. The molecule has 0 spiro atoms. The van der Waals surface area contributed by atoms with Crippen molar-refractivity contribution in [3.8, 4) is 0 Å². The zero-order valence-electron chi connectivity index (χ0n) is 10.8. The highest BCUT2D eigenvalue weighted by Crippen LogP contribution is 2.26. The summed E-state index contributed by atoms with van der Waals surface area (Å²) in [5.74, 6) is 0. The van der Waals surface area contributed by atoms with Crippen LogP contribution in [0.5, 0.6) is 0 Å². The van der Waals surface area contributed by atoms with Crippen LogP contribution >= 0.6 is 0 Å². The van der Waals surface area contributed by atoms with Crippen LogP contribution in [0.3, 0.4) is 0 Å². The van der Waals surface area contributed by atoms with Crippen molar-refractivity contribution in [2.75, 3.05) is 38.3 Å². The number of ether oxygens (including phenoxy) is 1. The lowest BCUT2D eigenvalue weighted by molar-refractivity contribution is 0.205. The van der Waals surface area contributed by atoms with Crippen molar-refractivity contribution in [3.05, 3.63) is 29.3 Å². The van der Waals surface area contributed by atoms with E-state index in [2.05, 4.69) is 35.3 Å². The first kappa shape index (κ1) is 12.4. The summed E-state index contributed by atoms with van der Waals surface area (Å²) in [5.41, 5.74) is 4.36. The monoisotopic (exact) mass is 234 g/mol. The fraction of sp³-hybridized carbons (Fsp3) is 0.571. The van der Waals surface area contributed by atoms with Gasteiger partial charge >= 0.3 is 0 Å². The molecule has 0 saturated heterocycles. The summed E-state index contributed by atoms with van der Waals surface area (Å²) in [6.45, 7) is 7.09. The SMILES string of the molecule is CCN(CCOC)c1cccc2c1CCNC2. The van der Waals surface area contributed by atoms with Gasteiger partial charge in [-0.05, 0) is 37.1 Å². The molecule has 17 heavy (non-hydrogen) atoms. The van der Waals surface area contributed by atoms with Crippen molar-refractivity contribution < 1.29 is 4.74 Å². The molecule has 0 aromatic heterocycles. The van der Waals surface area contributed by atoms with E-state index in [4.69, 9.17) is 4.74 Å². The molecule has 0 aliphatic carbocycles. The molecule has 3 nitrogen and oxygen atoms in total. The molecule has 1 aliphatic heterocycles. The van der Waals surface area contributed by atoms with Crippen LogP contribution in [-0.2, 0) is 17.7 Å². The van der Waals surface area contributed by atoms with Gasteiger partial charge in [-0.2, -0.15) is 0 Å². The molecule has 1 aromatic rings. The van der Waals surface area contributed by atoms with E-state index in [1.807, 2.05) is 0 Å². The van der Waals surface area contributed by atoms with Gasteiger partial charge in [0.15, 0.2) is 0 Å². The minimum absolute atomic E-state index is 0.787. The summed E-state index contributed by atoms with van der Waals surface area (Å²) < 4.78 is 5.19. The van der Waals surface area contributed by atoms with E-state index in [-0.39, 0.29) is 0 Å². The van der Waals surface area contributed by atoms with Gasteiger partial charge < -0.3 is 15.0 Å². The number of anilines is 1. The number of hydrogen-bond donors (Lipinski definition) is 1. The van der Waals surface area contributed by atoms with Crippen LogP contribution in [0.4, 0.5) is 5.69 Å². The Morgan fingerprint density at radius 1 is 1.41 bits per heavy atom. The van der Waals surface area contributed by atoms with Gasteiger partial charge in [-0.15, -0.1) is 0 Å². The first-order valence-electron chi connectivity index (χ1n) is 6.42. The Labute approximate surface area is 104 Å². The molecule has 0 radical (unpaired) electrons. The first-order valence-corrected chi connectivity index (χ1v) is 6.42. The number of nitrogens with one attached hydrogen (secondary N) is 1. The van der Waals surface area contributed by atoms with Crippen molar-refractivity contribution in [2.45, 2.75) is 19.9 Å². The highest BCUT2D eigenvalue weighted by Gasteiger charge is 2.15. The Hall–Kier alpha value is -1.06. The standard InChI is InChI=1S/C14H22N2O/c1-3-16(9-10-17-2)14-6-4-5-12-11-15-8-7-13(12)14/h4-6,15H,3,7-11H2,1-2H3. The van der Waals surface area contributed by atoms with Crippen molar-refractivity contribution in [1.29, 1.82) is 0 Å². The Balaban J connectivity index is 2.23. The molecule has 0 bridgehead atoms. The molecule has 94 valence electrons. The molecular weight excluding hydrogens is 212 g/mol. The number of nitrogens with zero attached hydrogens (tertiary/aromatic N) is 1. The average Bonchev–Trinajstić information content (AvgIpc) is 2.40. The Morgan fingerprint density at radius 2 is 2.29 bits per heavy atom. The van der Waals surface area contributed by atoms with E-state index >= 15 is 0 Å². The topological polar surface area (TPSA) is 24.5 Å². The lowest BCUT2D eigenvalue weighted by atomic mass is 9.98. The number of hydrogen-bond acceptors (Lipinski definition) is 3. The quantitative estimate of drug-likeness (QED) is 0.841. The summed E-state index contributed by atoms with van der Waals surface area (Å²) in [6, 6.07) is 6.63. The predicted molar refractivity (Wildman–Crippen MR) is 71.6 cm³/mol. The van der Waals surface area contributed by atoms with E-state index in [0.717, 1.165) is 39.2 Å². The molecule has 1 aliphatic rings. The molecule has 0 unspecified atom stereocenters. The summed E-state index contributed by atoms with van der Waals surface area (Å²) in [7, 11) is 1.76. The Bertz CT molecular complexity index is 365. The molecule has 3 heteroatoms. The van der Waals surface area contributed by atoms with E-state index in [1.54, 1.807) is 7.11 Å².